The molecule has 1 aliphatic rings. The van der Waals surface area contributed by atoms with E-state index < -0.39 is 0 Å². The normalized spacial score (nSPS) is 16.4. The Bertz CT molecular complexity index is 431. The van der Waals surface area contributed by atoms with Gasteiger partial charge >= 0.3 is 0 Å². The van der Waals surface area contributed by atoms with Crippen molar-refractivity contribution in [1.82, 2.24) is 10.3 Å². The second-order valence-electron chi connectivity index (χ2n) is 6.46. The molecule has 21 heavy (non-hydrogen) atoms. The van der Waals surface area contributed by atoms with E-state index in [-0.39, 0.29) is 0 Å². The van der Waals surface area contributed by atoms with E-state index in [1.165, 1.54) is 32.1 Å². The van der Waals surface area contributed by atoms with Crippen molar-refractivity contribution < 1.29 is 4.74 Å². The van der Waals surface area contributed by atoms with Crippen molar-refractivity contribution in [2.75, 3.05) is 13.2 Å². The summed E-state index contributed by atoms with van der Waals surface area (Å²) in [6.07, 6.45) is 8.52. The first kappa shape index (κ1) is 16.8. The van der Waals surface area contributed by atoms with E-state index in [1.807, 2.05) is 6.20 Å². The van der Waals surface area contributed by atoms with Gasteiger partial charge in [0.05, 0.1) is 6.61 Å². The monoisotopic (exact) mass is 354 g/mol. The molecule has 0 atom stereocenters. The SMILES string of the molecule is CC(C)CNCc1cc(Br)cnc1OCC1CCCCC1. The Labute approximate surface area is 137 Å². The largest absolute Gasteiger partial charge is 0.477 e. The van der Waals surface area contributed by atoms with Crippen molar-refractivity contribution in [2.45, 2.75) is 52.5 Å². The molecule has 0 unspecified atom stereocenters. The van der Waals surface area contributed by atoms with Gasteiger partial charge in [-0.15, -0.1) is 0 Å². The molecule has 1 aromatic heterocycles. The summed E-state index contributed by atoms with van der Waals surface area (Å²) in [7, 11) is 0. The molecule has 0 amide bonds. The van der Waals surface area contributed by atoms with Gasteiger partial charge in [-0.1, -0.05) is 33.1 Å². The smallest absolute Gasteiger partial charge is 0.217 e. The minimum atomic E-state index is 0.650. The number of aromatic nitrogens is 1. The topological polar surface area (TPSA) is 34.2 Å². The average Bonchev–Trinajstić information content (AvgIpc) is 2.47. The predicted octanol–water partition coefficient (Wildman–Crippen LogP) is 4.55. The first-order valence-corrected chi connectivity index (χ1v) is 8.92. The van der Waals surface area contributed by atoms with Gasteiger partial charge in [-0.05, 0) is 53.2 Å². The van der Waals surface area contributed by atoms with Crippen LogP contribution in [0.4, 0.5) is 0 Å². The lowest BCUT2D eigenvalue weighted by Gasteiger charge is -2.22. The molecular weight excluding hydrogens is 328 g/mol. The van der Waals surface area contributed by atoms with Crippen LogP contribution in [0.2, 0.25) is 0 Å². The van der Waals surface area contributed by atoms with Crippen molar-refractivity contribution >= 4 is 15.9 Å². The van der Waals surface area contributed by atoms with Crippen molar-refractivity contribution in [3.05, 3.63) is 22.3 Å². The Morgan fingerprint density at radius 2 is 2.10 bits per heavy atom. The van der Waals surface area contributed by atoms with Gasteiger partial charge in [0.2, 0.25) is 5.88 Å². The lowest BCUT2D eigenvalue weighted by molar-refractivity contribution is 0.201. The molecule has 1 heterocycles. The van der Waals surface area contributed by atoms with E-state index in [9.17, 15) is 0 Å². The van der Waals surface area contributed by atoms with Crippen LogP contribution >= 0.6 is 15.9 Å². The van der Waals surface area contributed by atoms with Crippen molar-refractivity contribution in [3.63, 3.8) is 0 Å². The summed E-state index contributed by atoms with van der Waals surface area (Å²) in [5, 5.41) is 3.47. The minimum Gasteiger partial charge on any atom is -0.477 e. The Kier molecular flexibility index (Phi) is 6.97. The van der Waals surface area contributed by atoms with Gasteiger partial charge in [-0.2, -0.15) is 0 Å². The molecule has 1 N–H and O–H groups in total. The molecule has 118 valence electrons. The van der Waals surface area contributed by atoms with E-state index >= 15 is 0 Å². The molecule has 1 saturated carbocycles. The van der Waals surface area contributed by atoms with Crippen LogP contribution in [0.15, 0.2) is 16.7 Å². The van der Waals surface area contributed by atoms with Gasteiger partial charge in [0.1, 0.15) is 0 Å². The number of hydrogen-bond donors (Lipinski definition) is 1. The average molecular weight is 355 g/mol. The van der Waals surface area contributed by atoms with Gasteiger partial charge < -0.3 is 10.1 Å². The standard InChI is InChI=1S/C17H27BrN2O/c1-13(2)9-19-10-15-8-16(18)11-20-17(15)21-12-14-6-4-3-5-7-14/h8,11,13-14,19H,3-7,9-10,12H2,1-2H3. The van der Waals surface area contributed by atoms with E-state index in [0.717, 1.165) is 35.6 Å². The van der Waals surface area contributed by atoms with Crippen LogP contribution < -0.4 is 10.1 Å². The molecule has 3 nitrogen and oxygen atoms in total. The van der Waals surface area contributed by atoms with Crippen LogP contribution in [0.3, 0.4) is 0 Å². The molecule has 1 aliphatic carbocycles. The lowest BCUT2D eigenvalue weighted by Crippen LogP contribution is -2.21. The molecule has 0 aromatic carbocycles. The van der Waals surface area contributed by atoms with E-state index in [0.29, 0.717) is 11.8 Å². The molecule has 0 saturated heterocycles. The van der Waals surface area contributed by atoms with Crippen LogP contribution in [-0.2, 0) is 6.54 Å². The van der Waals surface area contributed by atoms with E-state index in [4.69, 9.17) is 4.74 Å². The zero-order valence-corrected chi connectivity index (χ0v) is 14.8. The number of halogens is 1. The summed E-state index contributed by atoms with van der Waals surface area (Å²) in [6.45, 7) is 7.06. The zero-order valence-electron chi connectivity index (χ0n) is 13.2. The molecule has 0 aliphatic heterocycles. The molecule has 0 radical (unpaired) electrons. The van der Waals surface area contributed by atoms with Crippen molar-refractivity contribution in [1.29, 1.82) is 0 Å². The highest BCUT2D eigenvalue weighted by Gasteiger charge is 2.15. The Hall–Kier alpha value is -0.610. The summed E-state index contributed by atoms with van der Waals surface area (Å²) in [5.74, 6) is 2.15. The van der Waals surface area contributed by atoms with Crippen LogP contribution in [0.5, 0.6) is 5.88 Å². The van der Waals surface area contributed by atoms with Crippen LogP contribution in [0.25, 0.3) is 0 Å². The molecule has 2 rings (SSSR count). The van der Waals surface area contributed by atoms with Gasteiger partial charge in [0.15, 0.2) is 0 Å². The number of hydrogen-bond acceptors (Lipinski definition) is 3. The lowest BCUT2D eigenvalue weighted by atomic mass is 9.90. The number of nitrogens with one attached hydrogen (secondary N) is 1. The summed E-state index contributed by atoms with van der Waals surface area (Å²) in [6, 6.07) is 2.11. The third-order valence-corrected chi connectivity index (χ3v) is 4.37. The van der Waals surface area contributed by atoms with Crippen molar-refractivity contribution in [3.8, 4) is 5.88 Å². The highest BCUT2D eigenvalue weighted by molar-refractivity contribution is 9.10. The second-order valence-corrected chi connectivity index (χ2v) is 7.37. The molecule has 0 spiro atoms. The highest BCUT2D eigenvalue weighted by Crippen LogP contribution is 2.26. The fourth-order valence-corrected chi connectivity index (χ4v) is 3.15. The number of pyridine rings is 1. The third kappa shape index (κ3) is 5.95. The molecular formula is C17H27BrN2O. The second kappa shape index (κ2) is 8.74. The summed E-state index contributed by atoms with van der Waals surface area (Å²) < 4.78 is 7.03. The van der Waals surface area contributed by atoms with Crippen LogP contribution in [-0.4, -0.2) is 18.1 Å². The van der Waals surface area contributed by atoms with Gasteiger partial charge in [-0.3, -0.25) is 0 Å². The minimum absolute atomic E-state index is 0.650. The molecule has 0 bridgehead atoms. The number of nitrogens with zero attached hydrogens (tertiary/aromatic N) is 1. The highest BCUT2D eigenvalue weighted by atomic mass is 79.9. The zero-order chi connectivity index (χ0) is 15.1. The number of ether oxygens (including phenoxy) is 1. The van der Waals surface area contributed by atoms with Gasteiger partial charge in [0.25, 0.3) is 0 Å². The maximum Gasteiger partial charge on any atom is 0.217 e. The molecule has 1 fully saturated rings. The van der Waals surface area contributed by atoms with Crippen molar-refractivity contribution in [2.24, 2.45) is 11.8 Å². The third-order valence-electron chi connectivity index (χ3n) is 3.94. The Morgan fingerprint density at radius 1 is 1.33 bits per heavy atom. The Morgan fingerprint density at radius 3 is 2.81 bits per heavy atom. The van der Waals surface area contributed by atoms with E-state index in [2.05, 4.69) is 46.1 Å². The fourth-order valence-electron chi connectivity index (χ4n) is 2.77. The van der Waals surface area contributed by atoms with Gasteiger partial charge in [0, 0.05) is 22.8 Å². The van der Waals surface area contributed by atoms with E-state index in [1.54, 1.807) is 0 Å². The maximum atomic E-state index is 6.02. The van der Waals surface area contributed by atoms with Crippen LogP contribution in [0, 0.1) is 11.8 Å². The summed E-state index contributed by atoms with van der Waals surface area (Å²) in [5.41, 5.74) is 1.14. The van der Waals surface area contributed by atoms with Gasteiger partial charge in [-0.25, -0.2) is 4.98 Å². The first-order chi connectivity index (χ1) is 10.1. The Balaban J connectivity index is 1.90. The predicted molar refractivity (Wildman–Crippen MR) is 90.6 cm³/mol. The summed E-state index contributed by atoms with van der Waals surface area (Å²) in [4.78, 5) is 4.45. The first-order valence-electron chi connectivity index (χ1n) is 8.13. The van der Waals surface area contributed by atoms with Crippen LogP contribution in [0.1, 0.15) is 51.5 Å². The fraction of sp³-hybridized carbons (Fsp3) is 0.706. The maximum absolute atomic E-state index is 6.02. The number of rotatable bonds is 7. The molecule has 4 heteroatoms. The quantitative estimate of drug-likeness (QED) is 0.779. The summed E-state index contributed by atoms with van der Waals surface area (Å²) >= 11 is 3.50. The molecule has 1 aromatic rings.